The van der Waals surface area contributed by atoms with Crippen LogP contribution in [0.3, 0.4) is 0 Å². The fraction of sp³-hybridized carbons (Fsp3) is 0.324. The van der Waals surface area contributed by atoms with Crippen LogP contribution in [0.25, 0.3) is 22.3 Å². The maximum absolute atomic E-state index is 14.0. The molecule has 15 nitrogen and oxygen atoms in total. The van der Waals surface area contributed by atoms with Gasteiger partial charge in [0.2, 0.25) is 5.75 Å². The van der Waals surface area contributed by atoms with Crippen molar-refractivity contribution in [2.45, 2.75) is 60.1 Å². The zero-order valence-electron chi connectivity index (χ0n) is 27.5. The number of esters is 2. The molecule has 2 heterocycles. The number of carbonyl (C=O) groups excluding carboxylic acids is 3. The second-order valence-corrected chi connectivity index (χ2v) is 11.9. The highest BCUT2D eigenvalue weighted by Crippen LogP contribution is 2.58. The second kappa shape index (κ2) is 12.5. The lowest BCUT2D eigenvalue weighted by molar-refractivity contribution is -1.25. The summed E-state index contributed by atoms with van der Waals surface area (Å²) < 4.78 is 17.2. The summed E-state index contributed by atoms with van der Waals surface area (Å²) in [7, 11) is 0. The summed E-state index contributed by atoms with van der Waals surface area (Å²) in [4.78, 5) is 42.7. The predicted octanol–water partition coefficient (Wildman–Crippen LogP) is 5.63. The normalized spacial score (nSPS) is 21.1. The second-order valence-electron chi connectivity index (χ2n) is 11.9. The highest BCUT2D eigenvalue weighted by Gasteiger charge is 2.77. The van der Waals surface area contributed by atoms with E-state index in [4.69, 9.17) is 19.0 Å². The highest BCUT2D eigenvalue weighted by atomic mass is 17.0. The van der Waals surface area contributed by atoms with Crippen molar-refractivity contribution >= 4 is 17.8 Å². The van der Waals surface area contributed by atoms with Gasteiger partial charge in [0.15, 0.2) is 34.4 Å². The summed E-state index contributed by atoms with van der Waals surface area (Å²) in [6.07, 6.45) is 0.572. The van der Waals surface area contributed by atoms with Crippen molar-refractivity contribution in [3.8, 4) is 62.5 Å². The molecule has 0 saturated carbocycles. The standard InChI is InChI=1S/C34H36N2O13/c1-7-16(3)27-32(42)36(45)34(17(4)8-2,33(43)35(27)44)48-24-15-21(11-14-23(24)49-36)26-29(41)28(40)25(20-9-12-22(39)13-10-20)30(46-18(5)37)31(26)47-19(6)38/h9-17,44-45H,7-8H2,1-6H3,(H3-,39,40,41,42)/p+1/t16-,17+,34+,36+/m0/s1. The van der Waals surface area contributed by atoms with Crippen LogP contribution in [0.4, 0.5) is 0 Å². The molecule has 0 saturated heterocycles. The lowest BCUT2D eigenvalue weighted by atomic mass is 9.89. The number of amides is 1. The molecule has 15 heteroatoms. The Hall–Kier alpha value is -5.51. The lowest BCUT2D eigenvalue weighted by Crippen LogP contribution is -2.79. The monoisotopic (exact) mass is 681 g/mol. The molecular formula is C34H37N2O13+. The van der Waals surface area contributed by atoms with Crippen LogP contribution >= 0.6 is 0 Å². The summed E-state index contributed by atoms with van der Waals surface area (Å²) in [5.41, 5.74) is -3.19. The van der Waals surface area contributed by atoms with Crippen LogP contribution in [0.2, 0.25) is 0 Å². The molecule has 6 N–H and O–H groups in total. The molecule has 49 heavy (non-hydrogen) atoms. The smallest absolute Gasteiger partial charge is 0.406 e. The van der Waals surface area contributed by atoms with E-state index in [9.17, 15) is 45.2 Å². The summed E-state index contributed by atoms with van der Waals surface area (Å²) in [6.45, 7) is 8.76. The van der Waals surface area contributed by atoms with Crippen molar-refractivity contribution in [1.82, 2.24) is 5.06 Å². The first-order valence-electron chi connectivity index (χ1n) is 15.4. The molecule has 1 amide bonds. The van der Waals surface area contributed by atoms with Gasteiger partial charge in [0.1, 0.15) is 10.6 Å². The minimum absolute atomic E-state index is 0.0153. The van der Waals surface area contributed by atoms with Gasteiger partial charge in [-0.2, -0.15) is 10.3 Å². The van der Waals surface area contributed by atoms with Gasteiger partial charge in [-0.15, -0.1) is 0 Å². The molecule has 2 aliphatic rings. The van der Waals surface area contributed by atoms with E-state index >= 15 is 0 Å². The van der Waals surface area contributed by atoms with E-state index < -0.39 is 69.1 Å². The molecule has 0 spiro atoms. The van der Waals surface area contributed by atoms with E-state index in [-0.39, 0.29) is 56.7 Å². The Bertz CT molecular complexity index is 1890. The number of aliphatic hydroxyl groups is 1. The fourth-order valence-corrected chi connectivity index (χ4v) is 5.98. The molecule has 0 aromatic heterocycles. The van der Waals surface area contributed by atoms with Gasteiger partial charge < -0.3 is 34.6 Å². The summed E-state index contributed by atoms with van der Waals surface area (Å²) >= 11 is 0. The molecule has 260 valence electrons. The van der Waals surface area contributed by atoms with Crippen LogP contribution in [0.1, 0.15) is 54.4 Å². The van der Waals surface area contributed by atoms with Crippen LogP contribution < -0.4 is 19.0 Å². The SMILES string of the molecule is CC[C@@H](C)[C@]12Oc3cc(-c4c(O)c(O)c(-c5ccc(O)cc5)c(OC(C)=O)c4OC(C)=O)ccc3O[N@+]1(O)C(O)=C([C@@H](C)CC)N(O)C2=O. The summed E-state index contributed by atoms with van der Waals surface area (Å²) in [6, 6.07) is 9.14. The number of fused-ring (bicyclic) bond motifs is 2. The van der Waals surface area contributed by atoms with E-state index in [0.717, 1.165) is 13.8 Å². The van der Waals surface area contributed by atoms with Gasteiger partial charge in [0, 0.05) is 19.8 Å². The topological polar surface area (TPSA) is 213 Å². The number of hydrogen-bond donors (Lipinski definition) is 6. The van der Waals surface area contributed by atoms with Gasteiger partial charge in [0.25, 0.3) is 0 Å². The minimum atomic E-state index is -2.48. The fourth-order valence-electron chi connectivity index (χ4n) is 5.98. The first-order valence-corrected chi connectivity index (χ1v) is 15.4. The molecule has 5 rings (SSSR count). The van der Waals surface area contributed by atoms with Crippen LogP contribution in [0.5, 0.6) is 40.2 Å². The Morgan fingerprint density at radius 1 is 0.857 bits per heavy atom. The number of phenols is 3. The van der Waals surface area contributed by atoms with Gasteiger partial charge in [-0.05, 0) is 54.3 Å². The van der Waals surface area contributed by atoms with Gasteiger partial charge in [0.05, 0.1) is 17.0 Å². The zero-order valence-corrected chi connectivity index (χ0v) is 27.5. The lowest BCUT2D eigenvalue weighted by Gasteiger charge is -2.49. The number of hydroxylamine groups is 6. The van der Waals surface area contributed by atoms with Crippen molar-refractivity contribution in [3.05, 3.63) is 54.0 Å². The van der Waals surface area contributed by atoms with Crippen LogP contribution in [0, 0.1) is 11.8 Å². The zero-order chi connectivity index (χ0) is 36.2. The average Bonchev–Trinajstić information content (AvgIpc) is 3.05. The van der Waals surface area contributed by atoms with Crippen molar-refractivity contribution in [3.63, 3.8) is 0 Å². The van der Waals surface area contributed by atoms with E-state index in [0.29, 0.717) is 6.42 Å². The molecule has 0 fully saturated rings. The number of aromatic hydroxyl groups is 3. The van der Waals surface area contributed by atoms with Crippen LogP contribution in [-0.2, 0) is 14.4 Å². The number of phenolic OH excluding ortho intramolecular Hbond substituents is 3. The quantitative estimate of drug-likeness (QED) is 0.0560. The minimum Gasteiger partial charge on any atom is -0.508 e. The Kier molecular flexibility index (Phi) is 8.88. The van der Waals surface area contributed by atoms with E-state index in [1.165, 1.54) is 42.5 Å². The van der Waals surface area contributed by atoms with Gasteiger partial charge in [-0.25, -0.2) is 0 Å². The number of hydrogen-bond acceptors (Lipinski definition) is 13. The van der Waals surface area contributed by atoms with Crippen molar-refractivity contribution < 1.29 is 69.1 Å². The largest absolute Gasteiger partial charge is 0.508 e. The Balaban J connectivity index is 1.78. The average molecular weight is 682 g/mol. The third-order valence-corrected chi connectivity index (χ3v) is 8.79. The number of allylic oxidation sites excluding steroid dienone is 1. The third kappa shape index (κ3) is 5.31. The van der Waals surface area contributed by atoms with Gasteiger partial charge >= 0.3 is 29.5 Å². The highest BCUT2D eigenvalue weighted by molar-refractivity contribution is 5.96. The van der Waals surface area contributed by atoms with Gasteiger partial charge in [-0.1, -0.05) is 39.8 Å². The number of benzene rings is 3. The van der Waals surface area contributed by atoms with E-state index in [1.807, 2.05) is 0 Å². The van der Waals surface area contributed by atoms with Crippen molar-refractivity contribution in [2.75, 3.05) is 0 Å². The maximum atomic E-state index is 14.0. The summed E-state index contributed by atoms with van der Waals surface area (Å²) in [5.74, 6) is -8.29. The Morgan fingerprint density at radius 2 is 1.39 bits per heavy atom. The number of rotatable bonds is 8. The number of carbonyl (C=O) groups is 3. The summed E-state index contributed by atoms with van der Waals surface area (Å²) in [5, 5.41) is 67.2. The Labute approximate surface area is 280 Å². The third-order valence-electron chi connectivity index (χ3n) is 8.79. The molecule has 0 radical (unpaired) electrons. The number of nitrogens with zero attached hydrogens (tertiary/aromatic N) is 2. The molecule has 3 aromatic rings. The van der Waals surface area contributed by atoms with Crippen LogP contribution in [0.15, 0.2) is 54.0 Å². The molecule has 0 bridgehead atoms. The number of ether oxygens (including phenoxy) is 3. The number of quaternary nitrogens is 1. The van der Waals surface area contributed by atoms with Crippen LogP contribution in [-0.4, -0.2) is 64.3 Å². The van der Waals surface area contributed by atoms with E-state index in [2.05, 4.69) is 0 Å². The van der Waals surface area contributed by atoms with E-state index in [1.54, 1.807) is 27.7 Å². The van der Waals surface area contributed by atoms with Crippen molar-refractivity contribution in [1.29, 1.82) is 0 Å². The maximum Gasteiger partial charge on any atom is 0.406 e. The molecule has 0 unspecified atom stereocenters. The first-order chi connectivity index (χ1) is 23.0. The molecule has 3 aromatic carbocycles. The van der Waals surface area contributed by atoms with Crippen molar-refractivity contribution in [2.24, 2.45) is 11.8 Å². The predicted molar refractivity (Wildman–Crippen MR) is 168 cm³/mol. The Morgan fingerprint density at radius 3 is 1.90 bits per heavy atom. The molecular weight excluding hydrogens is 644 g/mol. The van der Waals surface area contributed by atoms with Gasteiger partial charge in [-0.3, -0.25) is 24.4 Å². The molecule has 0 aliphatic carbocycles. The molecule has 4 atom stereocenters. The molecule has 2 aliphatic heterocycles. The first kappa shape index (κ1) is 34.8. The number of aliphatic hydroxyl groups excluding tert-OH is 1.